The first-order chi connectivity index (χ1) is 13.8. The fraction of sp³-hybridized carbons (Fsp3) is 0.600. The minimum absolute atomic E-state index is 0.0543. The minimum Gasteiger partial charge on any atom is -0.494 e. The summed E-state index contributed by atoms with van der Waals surface area (Å²) in [6.45, 7) is 7.10. The summed E-state index contributed by atoms with van der Waals surface area (Å²) in [4.78, 5) is 26.3. The van der Waals surface area contributed by atoms with Crippen molar-refractivity contribution >= 4 is 33.2 Å². The second-order valence-electron chi connectivity index (χ2n) is 6.70. The number of amides is 2. The Morgan fingerprint density at radius 3 is 2.28 bits per heavy atom. The molecule has 0 unspecified atom stereocenters. The smallest absolute Gasteiger partial charge is 0.232 e. The monoisotopic (exact) mass is 427 g/mol. The van der Waals surface area contributed by atoms with Gasteiger partial charge in [-0.3, -0.25) is 14.3 Å². The molecule has 0 aliphatic carbocycles. The van der Waals surface area contributed by atoms with E-state index in [0.29, 0.717) is 30.0 Å². The van der Waals surface area contributed by atoms with Gasteiger partial charge in [-0.2, -0.15) is 0 Å². The lowest BCUT2D eigenvalue weighted by Crippen LogP contribution is -2.32. The summed E-state index contributed by atoms with van der Waals surface area (Å²) in [6, 6.07) is 4.70. The number of sulfonamides is 1. The average Bonchev–Trinajstić information content (AvgIpc) is 2.68. The zero-order valence-electron chi connectivity index (χ0n) is 17.8. The van der Waals surface area contributed by atoms with Gasteiger partial charge >= 0.3 is 0 Å². The van der Waals surface area contributed by atoms with E-state index in [1.165, 1.54) is 14.0 Å². The number of carbonyl (C=O) groups excluding carboxylic acids is 2. The van der Waals surface area contributed by atoms with Crippen molar-refractivity contribution in [3.05, 3.63) is 18.2 Å². The van der Waals surface area contributed by atoms with E-state index < -0.39 is 10.0 Å². The molecule has 0 aromatic heterocycles. The maximum absolute atomic E-state index is 12.2. The van der Waals surface area contributed by atoms with E-state index in [-0.39, 0.29) is 24.0 Å². The topological polar surface area (TPSA) is 105 Å². The predicted molar refractivity (Wildman–Crippen MR) is 116 cm³/mol. The number of carbonyl (C=O) groups is 2. The molecule has 8 nitrogen and oxygen atoms in total. The van der Waals surface area contributed by atoms with Gasteiger partial charge in [0.2, 0.25) is 21.8 Å². The standard InChI is InChI=1S/C20H33N3O5S/c1-5-13-23(14-6-2)20(25)10-8-9-19(24)21-16-11-12-17(18(15-16)28-4)22-29(26,27)7-3/h11-12,15,22H,5-10,13-14H2,1-4H3,(H,21,24). The molecule has 0 saturated carbocycles. The highest BCUT2D eigenvalue weighted by atomic mass is 32.2. The molecule has 0 atom stereocenters. The van der Waals surface area contributed by atoms with E-state index in [2.05, 4.69) is 10.0 Å². The Kier molecular flexibility index (Phi) is 10.5. The maximum atomic E-state index is 12.2. The van der Waals surface area contributed by atoms with Gasteiger partial charge < -0.3 is 15.0 Å². The fourth-order valence-electron chi connectivity index (χ4n) is 2.78. The minimum atomic E-state index is -3.43. The predicted octanol–water partition coefficient (Wildman–Crippen LogP) is 3.21. The molecule has 0 saturated heterocycles. The van der Waals surface area contributed by atoms with E-state index in [9.17, 15) is 18.0 Å². The van der Waals surface area contributed by atoms with Gasteiger partial charge in [0, 0.05) is 37.7 Å². The SMILES string of the molecule is CCCN(CCC)C(=O)CCCC(=O)Nc1ccc(NS(=O)(=O)CC)c(OC)c1. The Morgan fingerprint density at radius 2 is 1.72 bits per heavy atom. The zero-order valence-corrected chi connectivity index (χ0v) is 18.6. The molecule has 9 heteroatoms. The van der Waals surface area contributed by atoms with E-state index in [1.807, 2.05) is 18.7 Å². The third-order valence-electron chi connectivity index (χ3n) is 4.27. The second kappa shape index (κ2) is 12.3. The summed E-state index contributed by atoms with van der Waals surface area (Å²) >= 11 is 0. The molecule has 29 heavy (non-hydrogen) atoms. The van der Waals surface area contributed by atoms with Crippen LogP contribution in [0.25, 0.3) is 0 Å². The highest BCUT2D eigenvalue weighted by Gasteiger charge is 2.14. The van der Waals surface area contributed by atoms with E-state index in [1.54, 1.807) is 18.2 Å². The molecule has 0 radical (unpaired) electrons. The number of ether oxygens (including phenoxy) is 1. The largest absolute Gasteiger partial charge is 0.494 e. The molecular formula is C20H33N3O5S. The van der Waals surface area contributed by atoms with Crippen LogP contribution in [0.15, 0.2) is 18.2 Å². The number of nitrogens with one attached hydrogen (secondary N) is 2. The molecule has 1 rings (SSSR count). The Labute approximate surface area is 174 Å². The molecular weight excluding hydrogens is 394 g/mol. The molecule has 164 valence electrons. The van der Waals surface area contributed by atoms with Crippen LogP contribution in [0, 0.1) is 0 Å². The lowest BCUT2D eigenvalue weighted by atomic mass is 10.2. The van der Waals surface area contributed by atoms with Gasteiger partial charge in [0.05, 0.1) is 18.6 Å². The highest BCUT2D eigenvalue weighted by molar-refractivity contribution is 7.92. The summed E-state index contributed by atoms with van der Waals surface area (Å²) in [5.41, 5.74) is 0.807. The molecule has 0 aliphatic heterocycles. The summed E-state index contributed by atoms with van der Waals surface area (Å²) in [7, 11) is -2.00. The van der Waals surface area contributed by atoms with Crippen LogP contribution in [0.4, 0.5) is 11.4 Å². The Morgan fingerprint density at radius 1 is 1.07 bits per heavy atom. The Hall–Kier alpha value is -2.29. The third kappa shape index (κ3) is 8.72. The number of methoxy groups -OCH3 is 1. The van der Waals surface area contributed by atoms with Gasteiger partial charge in [0.1, 0.15) is 5.75 Å². The molecule has 1 aromatic carbocycles. The highest BCUT2D eigenvalue weighted by Crippen LogP contribution is 2.29. The lowest BCUT2D eigenvalue weighted by Gasteiger charge is -2.21. The van der Waals surface area contributed by atoms with E-state index in [0.717, 1.165) is 25.9 Å². The molecule has 1 aromatic rings. The van der Waals surface area contributed by atoms with Crippen LogP contribution in [-0.2, 0) is 19.6 Å². The maximum Gasteiger partial charge on any atom is 0.232 e. The number of nitrogens with zero attached hydrogens (tertiary/aromatic N) is 1. The molecule has 0 spiro atoms. The van der Waals surface area contributed by atoms with Gasteiger partial charge in [-0.05, 0) is 38.3 Å². The van der Waals surface area contributed by atoms with Gasteiger partial charge in [0.15, 0.2) is 0 Å². The average molecular weight is 428 g/mol. The van der Waals surface area contributed by atoms with Crippen molar-refractivity contribution in [2.45, 2.75) is 52.9 Å². The molecule has 0 fully saturated rings. The van der Waals surface area contributed by atoms with Crippen LogP contribution >= 0.6 is 0 Å². The van der Waals surface area contributed by atoms with E-state index >= 15 is 0 Å². The quantitative estimate of drug-likeness (QED) is 0.503. The van der Waals surface area contributed by atoms with Crippen molar-refractivity contribution in [2.24, 2.45) is 0 Å². The van der Waals surface area contributed by atoms with E-state index in [4.69, 9.17) is 4.74 Å². The second-order valence-corrected chi connectivity index (χ2v) is 8.71. The van der Waals surface area contributed by atoms with Crippen molar-refractivity contribution in [3.8, 4) is 5.75 Å². The van der Waals surface area contributed by atoms with Gasteiger partial charge in [0.25, 0.3) is 0 Å². The zero-order chi connectivity index (χ0) is 21.9. The number of anilines is 2. The number of rotatable bonds is 13. The van der Waals surface area contributed by atoms with Crippen LogP contribution in [0.1, 0.15) is 52.9 Å². The summed E-state index contributed by atoms with van der Waals surface area (Å²) in [5, 5.41) is 2.75. The molecule has 0 bridgehead atoms. The summed E-state index contributed by atoms with van der Waals surface area (Å²) in [5.74, 6) is 0.126. The summed E-state index contributed by atoms with van der Waals surface area (Å²) in [6.07, 6.45) is 2.87. The van der Waals surface area contributed by atoms with Crippen molar-refractivity contribution in [2.75, 3.05) is 36.0 Å². The van der Waals surface area contributed by atoms with Crippen LogP contribution in [0.3, 0.4) is 0 Å². The first kappa shape index (κ1) is 24.7. The third-order valence-corrected chi connectivity index (χ3v) is 5.56. The van der Waals surface area contributed by atoms with Crippen LogP contribution in [-0.4, -0.2) is 51.1 Å². The van der Waals surface area contributed by atoms with Crippen molar-refractivity contribution in [3.63, 3.8) is 0 Å². The molecule has 0 heterocycles. The lowest BCUT2D eigenvalue weighted by molar-refractivity contribution is -0.131. The van der Waals surface area contributed by atoms with Gasteiger partial charge in [-0.15, -0.1) is 0 Å². The number of hydrogen-bond donors (Lipinski definition) is 2. The molecule has 2 amide bonds. The van der Waals surface area contributed by atoms with Crippen LogP contribution in [0.5, 0.6) is 5.75 Å². The van der Waals surface area contributed by atoms with Crippen LogP contribution in [0.2, 0.25) is 0 Å². The molecule has 0 aliphatic rings. The molecule has 2 N–H and O–H groups in total. The Bertz CT molecular complexity index is 774. The van der Waals surface area contributed by atoms with Crippen molar-refractivity contribution < 1.29 is 22.7 Å². The van der Waals surface area contributed by atoms with Crippen molar-refractivity contribution in [1.82, 2.24) is 4.90 Å². The Balaban J connectivity index is 2.60. The first-order valence-electron chi connectivity index (χ1n) is 10.0. The van der Waals surface area contributed by atoms with Crippen LogP contribution < -0.4 is 14.8 Å². The van der Waals surface area contributed by atoms with Crippen molar-refractivity contribution in [1.29, 1.82) is 0 Å². The first-order valence-corrected chi connectivity index (χ1v) is 11.7. The van der Waals surface area contributed by atoms with Gasteiger partial charge in [-0.25, -0.2) is 8.42 Å². The summed E-state index contributed by atoms with van der Waals surface area (Å²) < 4.78 is 31.1. The number of hydrogen-bond acceptors (Lipinski definition) is 5. The number of benzene rings is 1. The fourth-order valence-corrected chi connectivity index (χ4v) is 3.42. The normalized spacial score (nSPS) is 11.0. The van der Waals surface area contributed by atoms with Gasteiger partial charge in [-0.1, -0.05) is 13.8 Å².